The quantitative estimate of drug-likeness (QED) is 0.0278. The van der Waals surface area contributed by atoms with Gasteiger partial charge in [-0.15, -0.1) is 4.44 Å². The summed E-state index contributed by atoms with van der Waals surface area (Å²) < 4.78 is 75.6. The van der Waals surface area contributed by atoms with Crippen LogP contribution in [0.4, 0.5) is 5.95 Å². The van der Waals surface area contributed by atoms with Crippen LogP contribution in [0.1, 0.15) is 50.7 Å². The van der Waals surface area contributed by atoms with Crippen LogP contribution in [-0.2, 0) is 89.3 Å². The molecule has 11 rings (SSSR count). The Balaban J connectivity index is 0.971. The number of imidazole rings is 1. The molecule has 0 spiro atoms. The maximum Gasteiger partial charge on any atom is 0.418 e. The predicted molar refractivity (Wildman–Crippen MR) is 329 cm³/mol. The van der Waals surface area contributed by atoms with Crippen molar-refractivity contribution < 1.29 is 41.8 Å². The van der Waals surface area contributed by atoms with Crippen LogP contribution in [0, 0.1) is 0 Å². The van der Waals surface area contributed by atoms with Crippen LogP contribution in [0.3, 0.4) is 0 Å². The fraction of sp³-hybridized carbons (Fsp3) is 0.194. The van der Waals surface area contributed by atoms with Crippen LogP contribution < -0.4 is 5.56 Å². The molecule has 0 radical (unpaired) electrons. The van der Waals surface area contributed by atoms with Crippen molar-refractivity contribution in [2.75, 3.05) is 6.61 Å². The minimum atomic E-state index is -4.92. The summed E-state index contributed by atoms with van der Waals surface area (Å²) in [4.78, 5) is 31.7. The molecule has 17 nitrogen and oxygen atoms in total. The van der Waals surface area contributed by atoms with Crippen LogP contribution in [-0.4, -0.2) is 64.8 Å². The highest BCUT2D eigenvalue weighted by atomic mass is 31.3. The van der Waals surface area contributed by atoms with E-state index in [0.29, 0.717) is 35.3 Å². The molecule has 8 aromatic carbocycles. The maximum atomic E-state index is 16.4. The van der Waals surface area contributed by atoms with Gasteiger partial charge in [0.25, 0.3) is 5.56 Å². The number of nitrogens with zero attached hydrogens (tertiary/aromatic N) is 7. The van der Waals surface area contributed by atoms with Crippen LogP contribution in [0.15, 0.2) is 259 Å². The molecule has 0 saturated carbocycles. The first-order chi connectivity index (χ1) is 42.2. The number of benzene rings is 8. The van der Waals surface area contributed by atoms with Crippen molar-refractivity contribution in [3.63, 3.8) is 0 Å². The molecule has 0 aliphatic carbocycles. The fourth-order valence-electron chi connectivity index (χ4n) is 9.87. The van der Waals surface area contributed by atoms with E-state index in [-0.39, 0.29) is 56.6 Å². The maximum absolute atomic E-state index is 16.4. The second-order valence-electron chi connectivity index (χ2n) is 20.6. The number of aromatic nitrogens is 4. The van der Waals surface area contributed by atoms with Crippen molar-refractivity contribution in [3.8, 4) is 0 Å². The van der Waals surface area contributed by atoms with E-state index in [4.69, 9.17) is 37.5 Å². The predicted octanol–water partition coefficient (Wildman–Crippen LogP) is 13.2. The average molecular weight is 1190 g/mol. The van der Waals surface area contributed by atoms with E-state index in [9.17, 15) is 9.90 Å². The van der Waals surface area contributed by atoms with E-state index >= 15 is 9.13 Å². The monoisotopic (exact) mass is 1190 g/mol. The van der Waals surface area contributed by atoms with E-state index in [2.05, 4.69) is 4.98 Å². The lowest BCUT2D eigenvalue weighted by Gasteiger charge is -2.35. The number of aliphatic imine (C=N–C) groups is 1. The zero-order chi connectivity index (χ0) is 59.0. The summed E-state index contributed by atoms with van der Waals surface area (Å²) in [7, 11) is -9.66. The summed E-state index contributed by atoms with van der Waals surface area (Å²) in [6.45, 7) is -0.344. The van der Waals surface area contributed by atoms with Gasteiger partial charge in [-0.05, 0) is 44.5 Å². The molecular weight excluding hydrogens is 1120 g/mol. The molecule has 1 N–H and O–H groups in total. The second kappa shape index (κ2) is 28.7. The normalized spacial score (nSPS) is 16.9. The Kier molecular flexibility index (Phi) is 19.9. The molecule has 1 fully saturated rings. The molecule has 10 aromatic rings. The minimum absolute atomic E-state index is 0.0158. The molecule has 1 aliphatic heterocycles. The smallest absolute Gasteiger partial charge is 0.387 e. The van der Waals surface area contributed by atoms with Gasteiger partial charge < -0.3 is 19.5 Å². The van der Waals surface area contributed by atoms with Crippen molar-refractivity contribution in [3.05, 3.63) is 304 Å². The summed E-state index contributed by atoms with van der Waals surface area (Å²) >= 11 is 0. The third-order valence-electron chi connectivity index (χ3n) is 14.4. The zero-order valence-corrected chi connectivity index (χ0v) is 48.9. The summed E-state index contributed by atoms with van der Waals surface area (Å²) in [5.74, 6) is 0.0859. The molecule has 86 heavy (non-hydrogen) atoms. The largest absolute Gasteiger partial charge is 0.418 e. The molecule has 5 atom stereocenters. The third kappa shape index (κ3) is 15.2. The number of hydrogen-bond acceptors (Lipinski definition) is 13. The van der Waals surface area contributed by atoms with Crippen LogP contribution in [0.5, 0.6) is 0 Å². The van der Waals surface area contributed by atoms with Gasteiger partial charge in [0.2, 0.25) is 5.95 Å². The lowest BCUT2D eigenvalue weighted by atomic mass is 10.1. The molecule has 0 bridgehead atoms. The lowest BCUT2D eigenvalue weighted by molar-refractivity contribution is -0.0759. The van der Waals surface area contributed by atoms with Gasteiger partial charge in [-0.2, -0.15) is 4.98 Å². The number of aliphatic hydroxyl groups excluding tert-OH is 1. The molecule has 0 amide bonds. The van der Waals surface area contributed by atoms with Gasteiger partial charge in [0.15, 0.2) is 17.4 Å². The van der Waals surface area contributed by atoms with Gasteiger partial charge in [-0.3, -0.25) is 32.0 Å². The standard InChI is InChI=1S/C67H65N7O10P2/c75-62-60(49-83-86(78,82-48-59-39-23-8-24-40-59)74(44-55-31-15-4-16-32-55)85(77,80-46-57-35-19-6-20-36-57)81-47-58-37-21-7-22-38-58)84-66(63(62)79-45-56-33-17-5-18-34-56)73-51-68-61-64(73)70-67(72(65(61)76)43-54-29-13-3-14-30-54)69-50-71(41-52-25-9-1-10-26-52)42-53-27-11-2-12-28-53/h1-40,50-51,60,62-63,66,75H,41-49H2/b69-50+/t60-,62-,63-,66-,86?/m1/s1. The van der Waals surface area contributed by atoms with E-state index < -0.39 is 52.2 Å². The van der Waals surface area contributed by atoms with E-state index in [0.717, 1.165) is 26.7 Å². The van der Waals surface area contributed by atoms with Crippen molar-refractivity contribution >= 4 is 38.9 Å². The molecule has 1 unspecified atom stereocenters. The Labute approximate surface area is 499 Å². The fourth-order valence-corrected chi connectivity index (χ4v) is 14.2. The first-order valence-electron chi connectivity index (χ1n) is 28.3. The molecule has 3 heterocycles. The minimum Gasteiger partial charge on any atom is -0.387 e. The van der Waals surface area contributed by atoms with Gasteiger partial charge in [-0.25, -0.2) is 19.1 Å². The van der Waals surface area contributed by atoms with Crippen molar-refractivity contribution in [1.82, 2.24) is 28.4 Å². The molecule has 19 heteroatoms. The highest BCUT2D eigenvalue weighted by molar-refractivity contribution is 7.66. The zero-order valence-electron chi connectivity index (χ0n) is 47.1. The summed E-state index contributed by atoms with van der Waals surface area (Å²) in [5, 5.41) is 12.6. The molecule has 438 valence electrons. The number of fused-ring (bicyclic) bond motifs is 1. The molecule has 1 aliphatic rings. The van der Waals surface area contributed by atoms with Crippen LogP contribution in [0.2, 0.25) is 0 Å². The highest BCUT2D eigenvalue weighted by Gasteiger charge is 2.52. The SMILES string of the molecule is O=c1c2ncn([C@@H]3O[C@H](COP(=O)(OCc4ccccc4)N(Cc4ccccc4)P(=O)(OCc4ccccc4)OCc4ccccc4)[C@@H](O)[C@H]3OCc3ccccc3)c2nc(/N=C/N(Cc2ccccc2)Cc2ccccc2)n1Cc1ccccc1. The van der Waals surface area contributed by atoms with Crippen molar-refractivity contribution in [2.45, 2.75) is 77.1 Å². The van der Waals surface area contributed by atoms with Gasteiger partial charge in [0.1, 0.15) is 18.3 Å². The topological polar surface area (TPSA) is 181 Å². The lowest BCUT2D eigenvalue weighted by Crippen LogP contribution is -2.36. The Morgan fingerprint density at radius 2 is 0.919 bits per heavy atom. The first-order valence-corrected chi connectivity index (χ1v) is 31.2. The average Bonchev–Trinajstić information content (AvgIpc) is 2.32. The van der Waals surface area contributed by atoms with Crippen molar-refractivity contribution in [1.29, 1.82) is 0 Å². The Bertz CT molecular complexity index is 3830. The first kappa shape index (κ1) is 59.5. The second-order valence-corrected chi connectivity index (χ2v) is 24.8. The Morgan fingerprint density at radius 1 is 0.523 bits per heavy atom. The molecular formula is C67H65N7O10P2. The van der Waals surface area contributed by atoms with E-state index in [1.54, 1.807) is 47.3 Å². The van der Waals surface area contributed by atoms with Gasteiger partial charge in [0.05, 0.1) is 52.2 Å². The molecule has 1 saturated heterocycles. The molecule has 2 aromatic heterocycles. The summed E-state index contributed by atoms with van der Waals surface area (Å²) in [5.41, 5.74) is 5.99. The van der Waals surface area contributed by atoms with Crippen LogP contribution in [0.25, 0.3) is 11.2 Å². The highest BCUT2D eigenvalue weighted by Crippen LogP contribution is 2.70. The third-order valence-corrected chi connectivity index (χ3v) is 18.9. The Hall–Kier alpha value is -8.28. The number of aliphatic hydroxyl groups is 1. The van der Waals surface area contributed by atoms with E-state index in [1.165, 1.54) is 10.9 Å². The summed E-state index contributed by atoms with van der Waals surface area (Å²) in [6, 6.07) is 75.4. The van der Waals surface area contributed by atoms with Gasteiger partial charge in [-0.1, -0.05) is 243 Å². The van der Waals surface area contributed by atoms with Gasteiger partial charge >= 0.3 is 15.5 Å². The van der Waals surface area contributed by atoms with Crippen molar-refractivity contribution in [2.24, 2.45) is 4.99 Å². The summed E-state index contributed by atoms with van der Waals surface area (Å²) in [6.07, 6.45) is -2.05. The number of hydrogen-bond donors (Lipinski definition) is 1. The Morgan fingerprint density at radius 3 is 1.37 bits per heavy atom. The number of ether oxygens (including phenoxy) is 2. The van der Waals surface area contributed by atoms with Crippen LogP contribution >= 0.6 is 15.5 Å². The number of rotatable bonds is 28. The van der Waals surface area contributed by atoms with E-state index in [1.807, 2.05) is 211 Å². The van der Waals surface area contributed by atoms with Gasteiger partial charge in [0, 0.05) is 19.6 Å².